The number of carboxylic acid groups (broad SMARTS) is 1. The highest BCUT2D eigenvalue weighted by Gasteiger charge is 2.35. The van der Waals surface area contributed by atoms with Crippen LogP contribution in [-0.2, 0) is 19.6 Å². The number of hydrogen-bond donors (Lipinski definition) is 2. The molecule has 32 heavy (non-hydrogen) atoms. The lowest BCUT2D eigenvalue weighted by Gasteiger charge is -2.31. The highest BCUT2D eigenvalue weighted by molar-refractivity contribution is 7.92. The molecule has 0 bridgehead atoms. The number of sulfonamides is 1. The molecule has 7 nitrogen and oxygen atoms in total. The van der Waals surface area contributed by atoms with Crippen molar-refractivity contribution in [1.82, 2.24) is 0 Å². The van der Waals surface area contributed by atoms with Crippen molar-refractivity contribution in [3.8, 4) is 16.9 Å². The Morgan fingerprint density at radius 3 is 2.31 bits per heavy atom. The van der Waals surface area contributed by atoms with Gasteiger partial charge in [0.05, 0.1) is 23.6 Å². The molecule has 2 aromatic carbocycles. The van der Waals surface area contributed by atoms with E-state index in [1.54, 1.807) is 27.7 Å². The second kappa shape index (κ2) is 8.75. The molecule has 0 spiro atoms. The highest BCUT2D eigenvalue weighted by Crippen LogP contribution is 2.47. The van der Waals surface area contributed by atoms with Gasteiger partial charge in [0.15, 0.2) is 6.10 Å². The van der Waals surface area contributed by atoms with Gasteiger partial charge in [-0.1, -0.05) is 29.8 Å². The number of carboxylic acids is 1. The van der Waals surface area contributed by atoms with E-state index in [0.717, 1.165) is 11.1 Å². The van der Waals surface area contributed by atoms with E-state index in [1.165, 1.54) is 0 Å². The topological polar surface area (TPSA) is 102 Å². The second-order valence-electron chi connectivity index (χ2n) is 9.18. The largest absolute Gasteiger partial charge is 0.491 e. The van der Waals surface area contributed by atoms with Crippen LogP contribution in [0.5, 0.6) is 5.75 Å². The molecule has 1 aliphatic rings. The van der Waals surface area contributed by atoms with Crippen LogP contribution in [0.15, 0.2) is 24.3 Å². The minimum Gasteiger partial charge on any atom is -0.491 e. The van der Waals surface area contributed by atoms with Crippen LogP contribution in [-0.4, -0.2) is 37.5 Å². The summed E-state index contributed by atoms with van der Waals surface area (Å²) in [6.45, 7) is 11.1. The molecule has 1 atom stereocenters. The van der Waals surface area contributed by atoms with Gasteiger partial charge < -0.3 is 14.6 Å². The predicted molar refractivity (Wildman–Crippen MR) is 125 cm³/mol. The first-order chi connectivity index (χ1) is 14.8. The Balaban J connectivity index is 2.41. The smallest absolute Gasteiger partial charge is 0.337 e. The van der Waals surface area contributed by atoms with E-state index in [0.29, 0.717) is 34.4 Å². The fraction of sp³-hybridized carbons (Fsp3) is 0.458. The van der Waals surface area contributed by atoms with E-state index in [2.05, 4.69) is 4.72 Å². The standard InChI is InChI=1S/C24H31NO6S/c1-14-8-10-17(11-9-14)18-16(3)21-20(25-32(28,29)13-7-12-30-21)15(2)19(18)22(23(26)27)31-24(4,5)6/h8-11,22,25H,7,12-13H2,1-6H3,(H,26,27)/t22-/m0/s1. The van der Waals surface area contributed by atoms with Crippen molar-refractivity contribution in [2.75, 3.05) is 17.1 Å². The second-order valence-corrected chi connectivity index (χ2v) is 11.0. The van der Waals surface area contributed by atoms with Gasteiger partial charge in [-0.3, -0.25) is 4.72 Å². The fourth-order valence-corrected chi connectivity index (χ4v) is 5.09. The molecule has 2 N–H and O–H groups in total. The Morgan fingerprint density at radius 2 is 1.75 bits per heavy atom. The highest BCUT2D eigenvalue weighted by atomic mass is 32.2. The number of benzene rings is 2. The van der Waals surface area contributed by atoms with Gasteiger partial charge in [-0.25, -0.2) is 13.2 Å². The third kappa shape index (κ3) is 5.07. The van der Waals surface area contributed by atoms with E-state index in [4.69, 9.17) is 9.47 Å². The minimum absolute atomic E-state index is 0.0686. The maximum Gasteiger partial charge on any atom is 0.337 e. The van der Waals surface area contributed by atoms with Crippen molar-refractivity contribution >= 4 is 21.7 Å². The summed E-state index contributed by atoms with van der Waals surface area (Å²) in [6.07, 6.45) is -0.940. The summed E-state index contributed by atoms with van der Waals surface area (Å²) >= 11 is 0. The van der Waals surface area contributed by atoms with Crippen molar-refractivity contribution < 1.29 is 27.8 Å². The molecule has 0 radical (unpaired) electrons. The number of aliphatic carboxylic acids is 1. The number of ether oxygens (including phenoxy) is 2. The summed E-state index contributed by atoms with van der Waals surface area (Å²) in [4.78, 5) is 12.4. The minimum atomic E-state index is -3.59. The number of fused-ring (bicyclic) bond motifs is 1. The van der Waals surface area contributed by atoms with Gasteiger partial charge in [-0.15, -0.1) is 0 Å². The lowest BCUT2D eigenvalue weighted by molar-refractivity contribution is -0.160. The van der Waals surface area contributed by atoms with Gasteiger partial charge in [0.1, 0.15) is 5.75 Å². The fourth-order valence-electron chi connectivity index (χ4n) is 3.93. The molecule has 1 heterocycles. The zero-order valence-electron chi connectivity index (χ0n) is 19.4. The molecular weight excluding hydrogens is 430 g/mol. The Labute approximate surface area is 189 Å². The number of anilines is 1. The van der Waals surface area contributed by atoms with E-state index in [1.807, 2.05) is 38.1 Å². The van der Waals surface area contributed by atoms with Crippen molar-refractivity contribution in [2.24, 2.45) is 0 Å². The first-order valence-electron chi connectivity index (χ1n) is 10.6. The molecule has 0 aliphatic carbocycles. The lowest BCUT2D eigenvalue weighted by atomic mass is 9.86. The Morgan fingerprint density at radius 1 is 1.12 bits per heavy atom. The molecule has 3 rings (SSSR count). The van der Waals surface area contributed by atoms with Crippen molar-refractivity contribution in [2.45, 2.75) is 59.7 Å². The quantitative estimate of drug-likeness (QED) is 0.682. The average Bonchev–Trinajstić information content (AvgIpc) is 2.66. The zero-order chi connectivity index (χ0) is 23.8. The van der Waals surface area contributed by atoms with Gasteiger partial charge in [-0.05, 0) is 64.7 Å². The summed E-state index contributed by atoms with van der Waals surface area (Å²) in [6, 6.07) is 7.76. The van der Waals surface area contributed by atoms with Crippen LogP contribution in [0, 0.1) is 20.8 Å². The van der Waals surface area contributed by atoms with Gasteiger partial charge in [0, 0.05) is 11.1 Å². The molecule has 0 saturated carbocycles. The SMILES string of the molecule is Cc1ccc(-c2c(C)c3c(c(C)c2[C@H](OC(C)(C)C)C(=O)O)NS(=O)(=O)CCCO3)cc1. The molecule has 0 fully saturated rings. The third-order valence-corrected chi connectivity index (χ3v) is 6.69. The van der Waals surface area contributed by atoms with Gasteiger partial charge in [0.2, 0.25) is 10.0 Å². The van der Waals surface area contributed by atoms with Crippen molar-refractivity contribution in [3.63, 3.8) is 0 Å². The van der Waals surface area contributed by atoms with Crippen LogP contribution in [0.3, 0.4) is 0 Å². The van der Waals surface area contributed by atoms with Crippen LogP contribution in [0.4, 0.5) is 5.69 Å². The summed E-state index contributed by atoms with van der Waals surface area (Å²) in [5.74, 6) is -0.795. The molecule has 0 unspecified atom stereocenters. The molecule has 8 heteroatoms. The summed E-state index contributed by atoms with van der Waals surface area (Å²) in [5, 5.41) is 10.1. The molecule has 1 aliphatic heterocycles. The van der Waals surface area contributed by atoms with Crippen molar-refractivity contribution in [1.29, 1.82) is 0 Å². The normalized spacial score (nSPS) is 16.7. The third-order valence-electron chi connectivity index (χ3n) is 5.35. The summed E-state index contributed by atoms with van der Waals surface area (Å²) in [5.41, 5.74) is 3.65. The van der Waals surface area contributed by atoms with Gasteiger partial charge in [-0.2, -0.15) is 0 Å². The molecule has 2 aromatic rings. The lowest BCUT2D eigenvalue weighted by Crippen LogP contribution is -2.29. The van der Waals surface area contributed by atoms with Crippen LogP contribution in [0.2, 0.25) is 0 Å². The van der Waals surface area contributed by atoms with E-state index < -0.39 is 27.7 Å². The zero-order valence-corrected chi connectivity index (χ0v) is 20.2. The monoisotopic (exact) mass is 461 g/mol. The first kappa shape index (κ1) is 24.1. The molecule has 0 saturated heterocycles. The first-order valence-corrected chi connectivity index (χ1v) is 12.2. The number of nitrogens with one attached hydrogen (secondary N) is 1. The number of aryl methyl sites for hydroxylation is 1. The Hall–Kier alpha value is -2.58. The Kier molecular flexibility index (Phi) is 6.58. The summed E-state index contributed by atoms with van der Waals surface area (Å²) in [7, 11) is -3.59. The molecule has 0 amide bonds. The van der Waals surface area contributed by atoms with Crippen LogP contribution in [0.1, 0.15) is 55.5 Å². The van der Waals surface area contributed by atoms with Crippen LogP contribution < -0.4 is 9.46 Å². The molecular formula is C24H31NO6S. The maximum absolute atomic E-state index is 12.6. The number of rotatable bonds is 4. The van der Waals surface area contributed by atoms with E-state index >= 15 is 0 Å². The van der Waals surface area contributed by atoms with Gasteiger partial charge in [0.25, 0.3) is 0 Å². The van der Waals surface area contributed by atoms with Crippen LogP contribution >= 0.6 is 0 Å². The van der Waals surface area contributed by atoms with Gasteiger partial charge >= 0.3 is 5.97 Å². The Bertz CT molecular complexity index is 1130. The number of carbonyl (C=O) groups is 1. The van der Waals surface area contributed by atoms with E-state index in [9.17, 15) is 18.3 Å². The average molecular weight is 462 g/mol. The van der Waals surface area contributed by atoms with Crippen molar-refractivity contribution in [3.05, 3.63) is 46.5 Å². The maximum atomic E-state index is 12.6. The molecule has 0 aromatic heterocycles. The van der Waals surface area contributed by atoms with E-state index in [-0.39, 0.29) is 18.0 Å². The molecule has 174 valence electrons. The summed E-state index contributed by atoms with van der Waals surface area (Å²) < 4.78 is 39.8. The predicted octanol–water partition coefficient (Wildman–Crippen LogP) is 4.74. The number of hydrogen-bond acceptors (Lipinski definition) is 5. The van der Waals surface area contributed by atoms with Crippen LogP contribution in [0.25, 0.3) is 11.1 Å².